The van der Waals surface area contributed by atoms with Gasteiger partial charge in [-0.15, -0.1) is 0 Å². The number of nitrogens with one attached hydrogen (secondary N) is 2. The molecule has 2 aromatic carbocycles. The lowest BCUT2D eigenvalue weighted by molar-refractivity contribution is -0.114. The van der Waals surface area contributed by atoms with Gasteiger partial charge in [0.2, 0.25) is 5.91 Å². The third-order valence-electron chi connectivity index (χ3n) is 3.75. The molecule has 0 bridgehead atoms. The van der Waals surface area contributed by atoms with Gasteiger partial charge in [-0.1, -0.05) is 38.1 Å². The predicted molar refractivity (Wildman–Crippen MR) is 112 cm³/mol. The number of benzene rings is 2. The second-order valence-electron chi connectivity index (χ2n) is 6.64. The zero-order chi connectivity index (χ0) is 20.2. The first-order chi connectivity index (χ1) is 13.6. The Bertz CT molecular complexity index is 734. The zero-order valence-electron chi connectivity index (χ0n) is 16.9. The standard InChI is InChI=1S/C22H30N2O4/c1-4-26-13-14-27-20-11-7-5-9-18(20)23-15-22(25)24-19-10-6-8-12-21(19)28-16-17(2)3/h5-12,17,23H,4,13-16H2,1-3H3,(H,24,25). The molecule has 0 atom stereocenters. The minimum Gasteiger partial charge on any atom is -0.491 e. The monoisotopic (exact) mass is 386 g/mol. The third-order valence-corrected chi connectivity index (χ3v) is 3.75. The molecule has 1 amide bonds. The number of rotatable bonds is 12. The van der Waals surface area contributed by atoms with E-state index >= 15 is 0 Å². The highest BCUT2D eigenvalue weighted by atomic mass is 16.5. The summed E-state index contributed by atoms with van der Waals surface area (Å²) in [6, 6.07) is 15.0. The Morgan fingerprint density at radius 3 is 2.25 bits per heavy atom. The van der Waals surface area contributed by atoms with Gasteiger partial charge in [0.15, 0.2) is 0 Å². The molecular weight excluding hydrogens is 356 g/mol. The van der Waals surface area contributed by atoms with Crippen LogP contribution in [0, 0.1) is 5.92 Å². The molecule has 0 aromatic heterocycles. The molecule has 0 radical (unpaired) electrons. The molecule has 0 heterocycles. The molecule has 0 aliphatic rings. The zero-order valence-corrected chi connectivity index (χ0v) is 16.9. The van der Waals surface area contributed by atoms with Crippen molar-refractivity contribution >= 4 is 17.3 Å². The molecule has 0 unspecified atom stereocenters. The van der Waals surface area contributed by atoms with Crippen LogP contribution in [0.3, 0.4) is 0 Å². The summed E-state index contributed by atoms with van der Waals surface area (Å²) in [5, 5.41) is 6.02. The van der Waals surface area contributed by atoms with Crippen molar-refractivity contribution in [2.45, 2.75) is 20.8 Å². The first-order valence-electron chi connectivity index (χ1n) is 9.65. The van der Waals surface area contributed by atoms with E-state index in [4.69, 9.17) is 14.2 Å². The van der Waals surface area contributed by atoms with E-state index in [0.717, 1.165) is 5.69 Å². The van der Waals surface area contributed by atoms with Gasteiger partial charge in [0.05, 0.1) is 31.1 Å². The van der Waals surface area contributed by atoms with Crippen molar-refractivity contribution in [3.05, 3.63) is 48.5 Å². The van der Waals surface area contributed by atoms with E-state index in [1.807, 2.05) is 55.5 Å². The van der Waals surface area contributed by atoms with Gasteiger partial charge in [0.1, 0.15) is 18.1 Å². The lowest BCUT2D eigenvalue weighted by atomic mass is 10.2. The number of ether oxygens (including phenoxy) is 3. The number of carbonyl (C=O) groups excluding carboxylic acids is 1. The molecule has 0 spiro atoms. The highest BCUT2D eigenvalue weighted by Gasteiger charge is 2.10. The summed E-state index contributed by atoms with van der Waals surface area (Å²) >= 11 is 0. The summed E-state index contributed by atoms with van der Waals surface area (Å²) in [6.07, 6.45) is 0. The van der Waals surface area contributed by atoms with Gasteiger partial charge in [0.25, 0.3) is 0 Å². The highest BCUT2D eigenvalue weighted by Crippen LogP contribution is 2.25. The highest BCUT2D eigenvalue weighted by molar-refractivity contribution is 5.95. The number of hydrogen-bond donors (Lipinski definition) is 2. The molecule has 2 N–H and O–H groups in total. The van der Waals surface area contributed by atoms with E-state index in [0.29, 0.717) is 49.5 Å². The smallest absolute Gasteiger partial charge is 0.243 e. The predicted octanol–water partition coefficient (Wildman–Crippen LogP) is 4.19. The average molecular weight is 386 g/mol. The molecule has 2 rings (SSSR count). The fourth-order valence-corrected chi connectivity index (χ4v) is 2.42. The van der Waals surface area contributed by atoms with Crippen molar-refractivity contribution in [2.75, 3.05) is 43.6 Å². The molecule has 0 saturated carbocycles. The topological polar surface area (TPSA) is 68.8 Å². The van der Waals surface area contributed by atoms with Gasteiger partial charge in [-0.25, -0.2) is 0 Å². The molecule has 6 nitrogen and oxygen atoms in total. The molecule has 0 aliphatic heterocycles. The Hall–Kier alpha value is -2.73. The number of amides is 1. The summed E-state index contributed by atoms with van der Waals surface area (Å²) in [4.78, 5) is 12.4. The molecule has 6 heteroatoms. The largest absolute Gasteiger partial charge is 0.491 e. The van der Waals surface area contributed by atoms with E-state index in [1.54, 1.807) is 0 Å². The van der Waals surface area contributed by atoms with Crippen LogP contribution in [0.15, 0.2) is 48.5 Å². The van der Waals surface area contributed by atoms with Crippen molar-refractivity contribution < 1.29 is 19.0 Å². The Kier molecular flexibility index (Phi) is 9.15. The first-order valence-corrected chi connectivity index (χ1v) is 9.65. The van der Waals surface area contributed by atoms with Crippen LogP contribution in [0.2, 0.25) is 0 Å². The molecule has 0 saturated heterocycles. The molecule has 28 heavy (non-hydrogen) atoms. The lowest BCUT2D eigenvalue weighted by Gasteiger charge is -2.15. The van der Waals surface area contributed by atoms with Crippen molar-refractivity contribution in [2.24, 2.45) is 5.92 Å². The maximum atomic E-state index is 12.4. The van der Waals surface area contributed by atoms with Crippen molar-refractivity contribution in [1.29, 1.82) is 0 Å². The fourth-order valence-electron chi connectivity index (χ4n) is 2.42. The summed E-state index contributed by atoms with van der Waals surface area (Å²) in [6.45, 7) is 8.46. The Labute approximate surface area is 167 Å². The van der Waals surface area contributed by atoms with E-state index in [1.165, 1.54) is 0 Å². The SMILES string of the molecule is CCOCCOc1ccccc1NCC(=O)Nc1ccccc1OCC(C)C. The van der Waals surface area contributed by atoms with Crippen LogP contribution in [0.25, 0.3) is 0 Å². The van der Waals surface area contributed by atoms with Crippen LogP contribution in [-0.2, 0) is 9.53 Å². The van der Waals surface area contributed by atoms with Crippen LogP contribution >= 0.6 is 0 Å². The molecule has 2 aromatic rings. The third kappa shape index (κ3) is 7.48. The van der Waals surface area contributed by atoms with Crippen LogP contribution in [0.5, 0.6) is 11.5 Å². The van der Waals surface area contributed by atoms with Crippen molar-refractivity contribution in [3.63, 3.8) is 0 Å². The molecular formula is C22H30N2O4. The van der Waals surface area contributed by atoms with Crippen LogP contribution in [0.4, 0.5) is 11.4 Å². The van der Waals surface area contributed by atoms with E-state index in [9.17, 15) is 4.79 Å². The number of carbonyl (C=O) groups is 1. The summed E-state index contributed by atoms with van der Waals surface area (Å²) in [7, 11) is 0. The minimum atomic E-state index is -0.162. The average Bonchev–Trinajstić information content (AvgIpc) is 2.69. The molecule has 0 fully saturated rings. The maximum absolute atomic E-state index is 12.4. The summed E-state index contributed by atoms with van der Waals surface area (Å²) in [5.74, 6) is 1.61. The number of anilines is 2. The van der Waals surface area contributed by atoms with Gasteiger partial charge in [0, 0.05) is 6.61 Å². The fraction of sp³-hybridized carbons (Fsp3) is 0.409. The Morgan fingerprint density at radius 1 is 0.929 bits per heavy atom. The Morgan fingerprint density at radius 2 is 1.57 bits per heavy atom. The van der Waals surface area contributed by atoms with Gasteiger partial charge in [-0.2, -0.15) is 0 Å². The van der Waals surface area contributed by atoms with Gasteiger partial charge in [-0.05, 0) is 37.1 Å². The summed E-state index contributed by atoms with van der Waals surface area (Å²) in [5.41, 5.74) is 1.43. The maximum Gasteiger partial charge on any atom is 0.243 e. The van der Waals surface area contributed by atoms with E-state index < -0.39 is 0 Å². The summed E-state index contributed by atoms with van der Waals surface area (Å²) < 4.78 is 16.8. The molecule has 152 valence electrons. The van der Waals surface area contributed by atoms with Gasteiger partial charge < -0.3 is 24.8 Å². The van der Waals surface area contributed by atoms with Gasteiger partial charge >= 0.3 is 0 Å². The second kappa shape index (κ2) is 11.9. The number of para-hydroxylation sites is 4. The lowest BCUT2D eigenvalue weighted by Crippen LogP contribution is -2.22. The minimum absolute atomic E-state index is 0.115. The van der Waals surface area contributed by atoms with Crippen LogP contribution in [-0.4, -0.2) is 38.9 Å². The number of hydrogen-bond acceptors (Lipinski definition) is 5. The van der Waals surface area contributed by atoms with Gasteiger partial charge in [-0.3, -0.25) is 4.79 Å². The van der Waals surface area contributed by atoms with Crippen molar-refractivity contribution in [1.82, 2.24) is 0 Å². The van der Waals surface area contributed by atoms with E-state index in [2.05, 4.69) is 24.5 Å². The second-order valence-corrected chi connectivity index (χ2v) is 6.64. The van der Waals surface area contributed by atoms with Crippen molar-refractivity contribution in [3.8, 4) is 11.5 Å². The van der Waals surface area contributed by atoms with E-state index in [-0.39, 0.29) is 12.5 Å². The first kappa shape index (κ1) is 21.6. The quantitative estimate of drug-likeness (QED) is 0.536. The van der Waals surface area contributed by atoms with Crippen LogP contribution < -0.4 is 20.1 Å². The normalized spacial score (nSPS) is 10.6. The van der Waals surface area contributed by atoms with Crippen LogP contribution in [0.1, 0.15) is 20.8 Å². The Balaban J connectivity index is 1.89. The molecule has 0 aliphatic carbocycles.